The monoisotopic (exact) mass is 528 g/mol. The van der Waals surface area contributed by atoms with E-state index in [1.165, 1.54) is 6.92 Å². The van der Waals surface area contributed by atoms with E-state index in [1.807, 2.05) is 77.7 Å². The highest BCUT2D eigenvalue weighted by Crippen LogP contribution is 2.26. The Balaban J connectivity index is 1.33. The van der Waals surface area contributed by atoms with Gasteiger partial charge in [0.25, 0.3) is 5.91 Å². The number of anilines is 2. The summed E-state index contributed by atoms with van der Waals surface area (Å²) < 4.78 is 0. The van der Waals surface area contributed by atoms with Crippen molar-refractivity contribution in [3.05, 3.63) is 83.4 Å². The zero-order chi connectivity index (χ0) is 26.5. The fourth-order valence-corrected chi connectivity index (χ4v) is 4.69. The number of hydrogen-bond donors (Lipinski definition) is 2. The van der Waals surface area contributed by atoms with E-state index in [0.29, 0.717) is 55.9 Å². The summed E-state index contributed by atoms with van der Waals surface area (Å²) in [7, 11) is 0. The Morgan fingerprint density at radius 2 is 1.63 bits per heavy atom. The minimum atomic E-state index is -0.0760. The third kappa shape index (κ3) is 5.86. The van der Waals surface area contributed by atoms with E-state index < -0.39 is 0 Å². The molecule has 0 radical (unpaired) electrons. The molecule has 0 saturated carbocycles. The van der Waals surface area contributed by atoms with Gasteiger partial charge < -0.3 is 20.4 Å². The average molecular weight is 529 g/mol. The Morgan fingerprint density at radius 3 is 2.39 bits per heavy atom. The van der Waals surface area contributed by atoms with E-state index in [4.69, 9.17) is 16.6 Å². The summed E-state index contributed by atoms with van der Waals surface area (Å²) in [6.45, 7) is 4.99. The van der Waals surface area contributed by atoms with Crippen LogP contribution in [0.4, 0.5) is 11.6 Å². The fourth-order valence-electron chi connectivity index (χ4n) is 4.57. The molecule has 1 aliphatic rings. The lowest BCUT2D eigenvalue weighted by Gasteiger charge is -2.35. The van der Waals surface area contributed by atoms with Gasteiger partial charge >= 0.3 is 0 Å². The Bertz CT molecular complexity index is 1450. The van der Waals surface area contributed by atoms with Gasteiger partial charge in [0.15, 0.2) is 5.82 Å². The topological polar surface area (TPSA) is 90.5 Å². The average Bonchev–Trinajstić information content (AvgIpc) is 2.95. The van der Waals surface area contributed by atoms with Crippen LogP contribution >= 0.6 is 11.6 Å². The van der Waals surface area contributed by atoms with E-state index in [2.05, 4.69) is 20.5 Å². The molecule has 1 aliphatic heterocycles. The molecule has 194 valence electrons. The number of fused-ring (bicyclic) bond motifs is 1. The van der Waals surface area contributed by atoms with Crippen LogP contribution < -0.4 is 15.5 Å². The lowest BCUT2D eigenvalue weighted by atomic mass is 10.0. The molecule has 1 saturated heterocycles. The maximum Gasteiger partial charge on any atom is 0.254 e. The summed E-state index contributed by atoms with van der Waals surface area (Å²) >= 11 is 6.08. The van der Waals surface area contributed by atoms with E-state index in [-0.39, 0.29) is 11.8 Å². The van der Waals surface area contributed by atoms with Gasteiger partial charge in [-0.15, -0.1) is 0 Å². The van der Waals surface area contributed by atoms with Crippen molar-refractivity contribution >= 4 is 45.8 Å². The van der Waals surface area contributed by atoms with Gasteiger partial charge in [-0.25, -0.2) is 9.97 Å². The summed E-state index contributed by atoms with van der Waals surface area (Å²) in [5, 5.41) is 8.74. The first-order chi connectivity index (χ1) is 18.5. The maximum absolute atomic E-state index is 13.4. The number of amides is 2. The number of aromatic nitrogens is 2. The second kappa shape index (κ2) is 11.5. The molecule has 0 unspecified atom stereocenters. The van der Waals surface area contributed by atoms with Gasteiger partial charge in [-0.1, -0.05) is 48.0 Å². The van der Waals surface area contributed by atoms with Crippen LogP contribution in [0.1, 0.15) is 17.3 Å². The Labute approximate surface area is 226 Å². The quantitative estimate of drug-likeness (QED) is 0.344. The van der Waals surface area contributed by atoms with Crippen molar-refractivity contribution in [1.82, 2.24) is 20.2 Å². The highest BCUT2D eigenvalue weighted by Gasteiger charge is 2.24. The molecular formula is C29H29ClN6O2. The molecule has 9 heteroatoms. The lowest BCUT2D eigenvalue weighted by molar-refractivity contribution is -0.118. The van der Waals surface area contributed by atoms with Crippen LogP contribution in [0.25, 0.3) is 22.2 Å². The zero-order valence-corrected chi connectivity index (χ0v) is 21.9. The number of benzene rings is 3. The summed E-state index contributed by atoms with van der Waals surface area (Å²) in [4.78, 5) is 38.2. The first-order valence-corrected chi connectivity index (χ1v) is 13.0. The Morgan fingerprint density at radius 1 is 0.895 bits per heavy atom. The van der Waals surface area contributed by atoms with Crippen LogP contribution in [-0.2, 0) is 4.79 Å². The van der Waals surface area contributed by atoms with Gasteiger partial charge in [0.05, 0.1) is 0 Å². The molecule has 0 spiro atoms. The van der Waals surface area contributed by atoms with Crippen molar-refractivity contribution in [3.8, 4) is 11.4 Å². The molecule has 3 aromatic carbocycles. The van der Waals surface area contributed by atoms with Crippen molar-refractivity contribution in [2.24, 2.45) is 0 Å². The van der Waals surface area contributed by atoms with E-state index in [1.54, 1.807) is 0 Å². The first kappa shape index (κ1) is 25.5. The second-order valence-corrected chi connectivity index (χ2v) is 9.59. The number of hydrogen-bond acceptors (Lipinski definition) is 6. The molecule has 1 aromatic heterocycles. The molecule has 0 aliphatic carbocycles. The SMILES string of the molecule is CC(=O)NCCNc1cc(N2CCN(C(=O)c3cccc4ccccc34)CC2)nc(-c2ccc(Cl)cc2)n1. The van der Waals surface area contributed by atoms with Gasteiger partial charge in [0.2, 0.25) is 5.91 Å². The minimum absolute atomic E-state index is 0.0475. The molecule has 1 fully saturated rings. The van der Waals surface area contributed by atoms with Crippen molar-refractivity contribution in [2.45, 2.75) is 6.92 Å². The Kier molecular flexibility index (Phi) is 7.70. The van der Waals surface area contributed by atoms with Crippen molar-refractivity contribution in [3.63, 3.8) is 0 Å². The van der Waals surface area contributed by atoms with Gasteiger partial charge in [-0.05, 0) is 41.1 Å². The molecule has 4 aromatic rings. The van der Waals surface area contributed by atoms with Crippen molar-refractivity contribution in [2.75, 3.05) is 49.5 Å². The van der Waals surface area contributed by atoms with E-state index in [9.17, 15) is 9.59 Å². The van der Waals surface area contributed by atoms with Crippen LogP contribution in [0, 0.1) is 0 Å². The third-order valence-corrected chi connectivity index (χ3v) is 6.78. The zero-order valence-electron chi connectivity index (χ0n) is 21.2. The summed E-state index contributed by atoms with van der Waals surface area (Å²) in [5.41, 5.74) is 1.58. The highest BCUT2D eigenvalue weighted by atomic mass is 35.5. The lowest BCUT2D eigenvalue weighted by Crippen LogP contribution is -2.49. The van der Waals surface area contributed by atoms with Gasteiger partial charge in [-0.2, -0.15) is 0 Å². The Hall–Kier alpha value is -4.17. The number of rotatable bonds is 7. The normalized spacial score (nSPS) is 13.4. The first-order valence-electron chi connectivity index (χ1n) is 12.6. The number of carbonyl (C=O) groups excluding carboxylic acids is 2. The molecule has 8 nitrogen and oxygen atoms in total. The van der Waals surface area contributed by atoms with Gasteiger partial charge in [0.1, 0.15) is 11.6 Å². The van der Waals surface area contributed by atoms with Crippen LogP contribution in [0.2, 0.25) is 5.02 Å². The summed E-state index contributed by atoms with van der Waals surface area (Å²) in [6, 6.07) is 23.2. The number of carbonyl (C=O) groups is 2. The number of halogens is 1. The second-order valence-electron chi connectivity index (χ2n) is 9.16. The molecule has 2 amide bonds. The van der Waals surface area contributed by atoms with Gasteiger partial charge in [0, 0.05) is 68.4 Å². The highest BCUT2D eigenvalue weighted by molar-refractivity contribution is 6.30. The molecule has 2 N–H and O–H groups in total. The molecule has 0 atom stereocenters. The molecule has 38 heavy (non-hydrogen) atoms. The van der Waals surface area contributed by atoms with Crippen LogP contribution in [-0.4, -0.2) is 66.0 Å². The van der Waals surface area contributed by atoms with E-state index in [0.717, 1.165) is 27.7 Å². The molecule has 2 heterocycles. The fraction of sp³-hybridized carbons (Fsp3) is 0.241. The van der Waals surface area contributed by atoms with Crippen molar-refractivity contribution < 1.29 is 9.59 Å². The molecule has 0 bridgehead atoms. The summed E-state index contributed by atoms with van der Waals surface area (Å²) in [6.07, 6.45) is 0. The standard InChI is InChI=1S/C29H29ClN6O2/c1-20(37)31-13-14-32-26-19-27(34-28(33-26)22-9-11-23(30)12-10-22)35-15-17-36(18-16-35)29(38)25-8-4-6-21-5-2-3-7-24(21)25/h2-12,19H,13-18H2,1H3,(H,31,37)(H,32,33,34). The molecular weight excluding hydrogens is 500 g/mol. The third-order valence-electron chi connectivity index (χ3n) is 6.53. The maximum atomic E-state index is 13.4. The summed E-state index contributed by atoms with van der Waals surface area (Å²) in [5.74, 6) is 2.00. The van der Waals surface area contributed by atoms with Gasteiger partial charge in [-0.3, -0.25) is 9.59 Å². The van der Waals surface area contributed by atoms with E-state index >= 15 is 0 Å². The smallest absolute Gasteiger partial charge is 0.254 e. The minimum Gasteiger partial charge on any atom is -0.368 e. The van der Waals surface area contributed by atoms with Crippen LogP contribution in [0.5, 0.6) is 0 Å². The largest absolute Gasteiger partial charge is 0.368 e. The van der Waals surface area contributed by atoms with Crippen molar-refractivity contribution in [1.29, 1.82) is 0 Å². The number of nitrogens with one attached hydrogen (secondary N) is 2. The number of piperazine rings is 1. The predicted octanol–water partition coefficient (Wildman–Crippen LogP) is 4.46. The predicted molar refractivity (Wildman–Crippen MR) is 152 cm³/mol. The number of nitrogens with zero attached hydrogens (tertiary/aromatic N) is 4. The van der Waals surface area contributed by atoms with Crippen LogP contribution in [0.3, 0.4) is 0 Å². The molecule has 5 rings (SSSR count). The van der Waals surface area contributed by atoms with Crippen LogP contribution in [0.15, 0.2) is 72.8 Å².